The number of nitrogens with one attached hydrogen (secondary N) is 2. The van der Waals surface area contributed by atoms with Crippen LogP contribution in [0, 0.1) is 0 Å². The predicted octanol–water partition coefficient (Wildman–Crippen LogP) is -0.431. The Balaban J connectivity index is 0.000000187. The van der Waals surface area contributed by atoms with Crippen molar-refractivity contribution < 1.29 is 20.4 Å². The fraction of sp³-hybridized carbons (Fsp3) is 0.111. The van der Waals surface area contributed by atoms with Crippen LogP contribution in [-0.4, -0.2) is 29.5 Å². The minimum Gasteiger partial charge on any atom is -0.872 e. The van der Waals surface area contributed by atoms with Crippen molar-refractivity contribution in [2.45, 2.75) is 0 Å². The first-order chi connectivity index (χ1) is 12.5. The van der Waals surface area contributed by atoms with E-state index in [-0.39, 0.29) is 21.6 Å². The SMILES string of the molecule is Cn1cnc(-c2ccccc2[O-])[nH+]1.Cn1cnc(-c2ccccc2[O-])[nH+]1.[Be+2]. The minimum absolute atomic E-state index is 0. The molecule has 4 rings (SSSR count). The van der Waals surface area contributed by atoms with Gasteiger partial charge in [0.2, 0.25) is 12.7 Å². The van der Waals surface area contributed by atoms with Gasteiger partial charge in [-0.2, -0.15) is 19.6 Å². The zero-order chi connectivity index (χ0) is 18.5. The normalized spacial score (nSPS) is 9.85. The fourth-order valence-electron chi connectivity index (χ4n) is 2.32. The third-order valence-electron chi connectivity index (χ3n) is 3.57. The van der Waals surface area contributed by atoms with Crippen LogP contribution < -0.4 is 20.4 Å². The Bertz CT molecular complexity index is 933. The van der Waals surface area contributed by atoms with Crippen molar-refractivity contribution in [1.29, 1.82) is 0 Å². The second-order valence-corrected chi connectivity index (χ2v) is 5.62. The Labute approximate surface area is 160 Å². The quantitative estimate of drug-likeness (QED) is 0.452. The van der Waals surface area contributed by atoms with Crippen LogP contribution in [0.2, 0.25) is 0 Å². The zero-order valence-corrected chi connectivity index (χ0v) is 15.1. The maximum absolute atomic E-state index is 11.4. The Morgan fingerprint density at radius 2 is 1.07 bits per heavy atom. The van der Waals surface area contributed by atoms with E-state index < -0.39 is 0 Å². The second kappa shape index (κ2) is 8.73. The molecule has 0 atom stereocenters. The Hall–Kier alpha value is -3.51. The Kier molecular flexibility index (Phi) is 6.41. The number of benzene rings is 2. The van der Waals surface area contributed by atoms with Crippen LogP contribution in [0.25, 0.3) is 22.8 Å². The van der Waals surface area contributed by atoms with Gasteiger partial charge in [-0.05, 0) is 22.1 Å². The molecule has 4 aromatic rings. The van der Waals surface area contributed by atoms with Crippen LogP contribution in [0.1, 0.15) is 0 Å². The molecule has 8 nitrogen and oxygen atoms in total. The molecular weight excluding hydrogens is 341 g/mol. The third-order valence-corrected chi connectivity index (χ3v) is 3.57. The van der Waals surface area contributed by atoms with Crippen molar-refractivity contribution in [1.82, 2.24) is 19.3 Å². The molecule has 0 fully saturated rings. The molecule has 9 heteroatoms. The molecule has 2 heterocycles. The van der Waals surface area contributed by atoms with Gasteiger partial charge < -0.3 is 10.2 Å². The van der Waals surface area contributed by atoms with Gasteiger partial charge in [-0.1, -0.05) is 47.9 Å². The predicted molar refractivity (Wildman–Crippen MR) is 95.0 cm³/mol. The monoisotopic (exact) mass is 359 g/mol. The van der Waals surface area contributed by atoms with Crippen LogP contribution in [0.15, 0.2) is 61.2 Å². The maximum Gasteiger partial charge on any atom is 2.00 e. The summed E-state index contributed by atoms with van der Waals surface area (Å²) in [6.07, 6.45) is 3.25. The number of aromatic nitrogens is 6. The summed E-state index contributed by atoms with van der Waals surface area (Å²) in [6.45, 7) is 0. The standard InChI is InChI=1S/2C9H9N3O.Be/c2*1-12-6-10-9(11-12)7-4-2-3-5-8(7)13;/h2*2-6,13H,1H3;/q;;+2. The van der Waals surface area contributed by atoms with Crippen LogP contribution in [0.3, 0.4) is 0 Å². The zero-order valence-electron chi connectivity index (χ0n) is 15.1. The molecule has 0 saturated carbocycles. The third kappa shape index (κ3) is 4.77. The van der Waals surface area contributed by atoms with Crippen LogP contribution in [-0.2, 0) is 14.1 Å². The van der Waals surface area contributed by atoms with E-state index >= 15 is 0 Å². The van der Waals surface area contributed by atoms with E-state index in [1.54, 1.807) is 46.3 Å². The average Bonchev–Trinajstić information content (AvgIpc) is 3.25. The smallest absolute Gasteiger partial charge is 0.872 e. The van der Waals surface area contributed by atoms with Gasteiger partial charge in [0, 0.05) is 0 Å². The van der Waals surface area contributed by atoms with Gasteiger partial charge in [0.05, 0.1) is 25.2 Å². The van der Waals surface area contributed by atoms with Crippen molar-refractivity contribution >= 4 is 10.1 Å². The molecular formula is C18H18BeN6O2+2. The van der Waals surface area contributed by atoms with E-state index in [1.165, 1.54) is 12.1 Å². The minimum atomic E-state index is -0.0162. The van der Waals surface area contributed by atoms with E-state index in [0.29, 0.717) is 22.8 Å². The number of hydrogen-bond acceptors (Lipinski definition) is 4. The maximum atomic E-state index is 11.4. The number of aromatic amines is 2. The number of nitrogens with zero attached hydrogens (tertiary/aromatic N) is 4. The van der Waals surface area contributed by atoms with Gasteiger partial charge >= 0.3 is 21.8 Å². The summed E-state index contributed by atoms with van der Waals surface area (Å²) in [5.74, 6) is 1.18. The molecule has 0 radical (unpaired) electrons. The van der Waals surface area contributed by atoms with Crippen molar-refractivity contribution in [3.8, 4) is 34.3 Å². The summed E-state index contributed by atoms with van der Waals surface area (Å²) in [4.78, 5) is 8.11. The summed E-state index contributed by atoms with van der Waals surface area (Å²) in [5.41, 5.74) is 1.20. The number of rotatable bonds is 2. The van der Waals surface area contributed by atoms with Gasteiger partial charge in [-0.25, -0.2) is 0 Å². The van der Waals surface area contributed by atoms with E-state index in [4.69, 9.17) is 0 Å². The largest absolute Gasteiger partial charge is 2.00 e. The van der Waals surface area contributed by atoms with E-state index in [0.717, 1.165) is 0 Å². The van der Waals surface area contributed by atoms with E-state index in [2.05, 4.69) is 20.2 Å². The van der Waals surface area contributed by atoms with Crippen LogP contribution in [0.4, 0.5) is 0 Å². The molecule has 2 aromatic heterocycles. The molecule has 0 aliphatic carbocycles. The fourth-order valence-corrected chi connectivity index (χ4v) is 2.32. The van der Waals surface area contributed by atoms with E-state index in [1.807, 2.05) is 26.2 Å². The molecule has 0 aliphatic heterocycles. The summed E-state index contributed by atoms with van der Waals surface area (Å²) >= 11 is 0. The molecule has 27 heavy (non-hydrogen) atoms. The van der Waals surface area contributed by atoms with Gasteiger partial charge in [-0.3, -0.25) is 0 Å². The van der Waals surface area contributed by atoms with Gasteiger partial charge in [-0.15, -0.1) is 0 Å². The summed E-state index contributed by atoms with van der Waals surface area (Å²) < 4.78 is 3.39. The Morgan fingerprint density at radius 3 is 1.37 bits per heavy atom. The van der Waals surface area contributed by atoms with Crippen LogP contribution >= 0.6 is 0 Å². The number of H-pyrrole nitrogens is 2. The second-order valence-electron chi connectivity index (χ2n) is 5.62. The van der Waals surface area contributed by atoms with Gasteiger partial charge in [0.15, 0.2) is 0 Å². The summed E-state index contributed by atoms with van der Waals surface area (Å²) in [5, 5.41) is 28.6. The van der Waals surface area contributed by atoms with Crippen molar-refractivity contribution in [2.75, 3.05) is 0 Å². The van der Waals surface area contributed by atoms with Crippen LogP contribution in [0.5, 0.6) is 11.5 Å². The van der Waals surface area contributed by atoms with Crippen molar-refractivity contribution in [2.24, 2.45) is 14.1 Å². The first-order valence-electron chi connectivity index (χ1n) is 7.88. The van der Waals surface area contributed by atoms with Crippen molar-refractivity contribution in [3.05, 3.63) is 61.2 Å². The average molecular weight is 359 g/mol. The van der Waals surface area contributed by atoms with Gasteiger partial charge in [0.25, 0.3) is 0 Å². The summed E-state index contributed by atoms with van der Waals surface area (Å²) in [6, 6.07) is 13.6. The molecule has 132 valence electrons. The van der Waals surface area contributed by atoms with E-state index in [9.17, 15) is 10.2 Å². The molecule has 0 unspecified atom stereocenters. The topological polar surface area (TPSA) is 110 Å². The summed E-state index contributed by atoms with van der Waals surface area (Å²) in [7, 11) is 3.65. The van der Waals surface area contributed by atoms with Gasteiger partial charge in [0.1, 0.15) is 0 Å². The number of hydrogen-bond donors (Lipinski definition) is 0. The van der Waals surface area contributed by atoms with Crippen molar-refractivity contribution in [3.63, 3.8) is 0 Å². The Morgan fingerprint density at radius 1 is 0.704 bits per heavy atom. The molecule has 0 spiro atoms. The molecule has 2 N–H and O–H groups in total. The molecule has 0 aliphatic rings. The number of aryl methyl sites for hydroxylation is 2. The molecule has 0 bridgehead atoms. The number of para-hydroxylation sites is 2. The molecule has 0 saturated heterocycles. The first-order valence-corrected chi connectivity index (χ1v) is 7.88. The molecule has 2 aromatic carbocycles. The molecule has 0 amide bonds. The first kappa shape index (κ1) is 19.8.